The highest BCUT2D eigenvalue weighted by atomic mass is 16.6. The zero-order chi connectivity index (χ0) is 36.1. The van der Waals surface area contributed by atoms with Crippen LogP contribution < -0.4 is 11.1 Å². The second kappa shape index (κ2) is 15.9. The normalized spacial score (nSPS) is 33.8. The maximum absolute atomic E-state index is 13.7. The molecule has 2 aliphatic rings. The Labute approximate surface area is 291 Å². The van der Waals surface area contributed by atoms with Gasteiger partial charge in [-0.3, -0.25) is 14.5 Å². The number of nitrogens with one attached hydrogen (secondary N) is 1. The summed E-state index contributed by atoms with van der Waals surface area (Å²) >= 11 is 0. The van der Waals surface area contributed by atoms with Crippen molar-refractivity contribution in [3.63, 3.8) is 0 Å². The molecule has 2 aromatic rings. The fourth-order valence-electron chi connectivity index (χ4n) is 7.58. The Balaban J connectivity index is 1.57. The monoisotopic (exact) mass is 678 g/mol. The maximum Gasteiger partial charge on any atom is 0.411 e. The number of Topliss-reactive ketones (excluding diaryl/α,β-unsaturated/α-hetero) is 1. The van der Waals surface area contributed by atoms with Gasteiger partial charge < -0.3 is 25.3 Å². The van der Waals surface area contributed by atoms with Crippen molar-refractivity contribution in [2.45, 2.75) is 109 Å². The molecule has 0 spiro atoms. The van der Waals surface area contributed by atoms with Crippen LogP contribution in [0.4, 0.5) is 10.5 Å². The average Bonchev–Trinajstić information content (AvgIpc) is 3.65. The molecule has 4 rings (SSSR count). The van der Waals surface area contributed by atoms with Gasteiger partial charge in [0.2, 0.25) is 0 Å². The van der Waals surface area contributed by atoms with E-state index in [-0.39, 0.29) is 30.1 Å². The molecule has 3 N–H and O–H groups in total. The van der Waals surface area contributed by atoms with Crippen LogP contribution in [-0.2, 0) is 30.3 Å². The predicted octanol–water partition coefficient (Wildman–Crippen LogP) is 4.06. The summed E-state index contributed by atoms with van der Waals surface area (Å²) in [5.74, 6) is -2.05. The van der Waals surface area contributed by atoms with Gasteiger partial charge in [-0.1, -0.05) is 50.3 Å². The minimum Gasteiger partial charge on any atom is -0.458 e. The molecule has 1 amide bonds. The zero-order valence-corrected chi connectivity index (χ0v) is 30.6. The molecule has 0 radical (unpaired) electrons. The van der Waals surface area contributed by atoms with E-state index in [2.05, 4.69) is 22.6 Å². The van der Waals surface area contributed by atoms with Crippen LogP contribution in [0.2, 0.25) is 5.82 Å². The van der Waals surface area contributed by atoms with Crippen molar-refractivity contribution >= 4 is 31.4 Å². The first kappa shape index (κ1) is 38.1. The molecule has 0 saturated carbocycles. The van der Waals surface area contributed by atoms with E-state index in [1.807, 2.05) is 85.1 Å². The highest BCUT2D eigenvalue weighted by Crippen LogP contribution is 2.40. The number of allylic oxidation sites excluding steroid dienone is 1. The predicted molar refractivity (Wildman–Crippen MR) is 191 cm³/mol. The summed E-state index contributed by atoms with van der Waals surface area (Å²) in [6.07, 6.45) is 6.44. The summed E-state index contributed by atoms with van der Waals surface area (Å²) in [5, 5.41) is 12.1. The molecule has 1 aromatic heterocycles. The van der Waals surface area contributed by atoms with Crippen LogP contribution >= 0.6 is 0 Å². The van der Waals surface area contributed by atoms with Gasteiger partial charge in [0.1, 0.15) is 31.3 Å². The Morgan fingerprint density at radius 1 is 1.14 bits per heavy atom. The van der Waals surface area contributed by atoms with Gasteiger partial charge in [0.05, 0.1) is 24.4 Å². The van der Waals surface area contributed by atoms with Crippen LogP contribution in [0, 0.1) is 17.8 Å². The first-order valence-corrected chi connectivity index (χ1v) is 17.6. The summed E-state index contributed by atoms with van der Waals surface area (Å²) < 4.78 is 20.0. The quantitative estimate of drug-likeness (QED) is 0.144. The van der Waals surface area contributed by atoms with E-state index in [0.717, 1.165) is 18.4 Å². The number of carbonyl (C=O) groups is 3. The van der Waals surface area contributed by atoms with Gasteiger partial charge in [-0.2, -0.15) is 0 Å². The van der Waals surface area contributed by atoms with Gasteiger partial charge in [0.25, 0.3) is 0 Å². The van der Waals surface area contributed by atoms with Crippen molar-refractivity contribution in [2.75, 3.05) is 25.9 Å². The van der Waals surface area contributed by atoms with Crippen molar-refractivity contribution in [1.82, 2.24) is 25.2 Å². The molecule has 2 fully saturated rings. The molecule has 1 aromatic carbocycles. The average molecular weight is 679 g/mol. The third-order valence-corrected chi connectivity index (χ3v) is 11.0. The van der Waals surface area contributed by atoms with Crippen LogP contribution in [0.5, 0.6) is 0 Å². The molecule has 13 heteroatoms. The van der Waals surface area contributed by atoms with Gasteiger partial charge in [0, 0.05) is 36.9 Å². The SMILES string of the molecule is B[C@@H]1[C@@H](C)C(=O)[C@@H](C)C(=O)O[C@H](CC)[C@@]2(C)OC(=O)N(C/C=C/Cn3cc(-c4cccc(N)c4)nn3)[C@@H]2[C@H](C)NCC[C@@H](C)C[C@@]1(C)OC. The molecule has 0 aliphatic carbocycles. The van der Waals surface area contributed by atoms with E-state index in [9.17, 15) is 14.4 Å². The fourth-order valence-corrected chi connectivity index (χ4v) is 7.58. The summed E-state index contributed by atoms with van der Waals surface area (Å²) in [4.78, 5) is 42.5. The molecule has 0 bridgehead atoms. The highest BCUT2D eigenvalue weighted by Gasteiger charge is 2.58. The molecule has 2 saturated heterocycles. The molecule has 0 unspecified atom stereocenters. The lowest BCUT2D eigenvalue weighted by Gasteiger charge is -2.42. The van der Waals surface area contributed by atoms with Crippen molar-refractivity contribution in [2.24, 2.45) is 17.8 Å². The van der Waals surface area contributed by atoms with Crippen molar-refractivity contribution in [3.8, 4) is 11.3 Å². The van der Waals surface area contributed by atoms with E-state index < -0.39 is 47.2 Å². The fraction of sp³-hybridized carbons (Fsp3) is 0.639. The van der Waals surface area contributed by atoms with Crippen LogP contribution in [0.25, 0.3) is 11.3 Å². The largest absolute Gasteiger partial charge is 0.458 e. The Kier molecular flexibility index (Phi) is 12.4. The summed E-state index contributed by atoms with van der Waals surface area (Å²) in [6.45, 7) is 14.9. The second-order valence-corrected chi connectivity index (χ2v) is 14.5. The van der Waals surface area contributed by atoms with E-state index >= 15 is 0 Å². The molecule has 49 heavy (non-hydrogen) atoms. The molecule has 268 valence electrons. The van der Waals surface area contributed by atoms with E-state index in [0.29, 0.717) is 30.9 Å². The number of nitrogen functional groups attached to an aromatic ring is 1. The number of ether oxygens (including phenoxy) is 3. The molecule has 2 aliphatic heterocycles. The van der Waals surface area contributed by atoms with Crippen LogP contribution in [0.3, 0.4) is 0 Å². The van der Waals surface area contributed by atoms with Gasteiger partial charge in [0.15, 0.2) is 5.60 Å². The minimum absolute atomic E-state index is 0.126. The third-order valence-electron chi connectivity index (χ3n) is 11.0. The lowest BCUT2D eigenvalue weighted by Crippen LogP contribution is -2.60. The van der Waals surface area contributed by atoms with Crippen LogP contribution in [0.15, 0.2) is 42.6 Å². The van der Waals surface area contributed by atoms with Gasteiger partial charge >= 0.3 is 12.1 Å². The number of nitrogens with zero attached hydrogens (tertiary/aromatic N) is 4. The summed E-state index contributed by atoms with van der Waals surface area (Å²) in [6, 6.07) is 6.79. The van der Waals surface area contributed by atoms with Gasteiger partial charge in [-0.05, 0) is 77.4 Å². The Morgan fingerprint density at radius 3 is 2.53 bits per heavy atom. The molecule has 12 nitrogen and oxygen atoms in total. The molecular formula is C36H55BN6O6. The molecule has 3 heterocycles. The maximum atomic E-state index is 13.7. The lowest BCUT2D eigenvalue weighted by atomic mass is 9.62. The van der Waals surface area contributed by atoms with E-state index in [1.54, 1.807) is 23.6 Å². The smallest absolute Gasteiger partial charge is 0.411 e. The first-order valence-electron chi connectivity index (χ1n) is 17.6. The number of esters is 1. The summed E-state index contributed by atoms with van der Waals surface area (Å²) in [7, 11) is 3.71. The number of rotatable bonds is 7. The minimum atomic E-state index is -1.17. The van der Waals surface area contributed by atoms with Crippen molar-refractivity contribution in [3.05, 3.63) is 42.6 Å². The number of hydrogen-bond donors (Lipinski definition) is 2. The number of ketones is 1. The van der Waals surface area contributed by atoms with Crippen LogP contribution in [-0.4, -0.2) is 95.2 Å². The number of amides is 1. The lowest BCUT2D eigenvalue weighted by molar-refractivity contribution is -0.170. The van der Waals surface area contributed by atoms with E-state index in [1.165, 1.54) is 0 Å². The molecule has 9 atom stereocenters. The van der Waals surface area contributed by atoms with Gasteiger partial charge in [-0.25, -0.2) is 9.48 Å². The Morgan fingerprint density at radius 2 is 1.86 bits per heavy atom. The number of cyclic esters (lactones) is 1. The number of nitrogens with two attached hydrogens (primary N) is 1. The number of anilines is 1. The standard InChI is InChI=1S/C36H55BN6O6/c1-9-29-36(7)32(43(34(46)49-36)18-11-10-17-42-21-28(40-41-42)26-13-12-14-27(38)19-26)25(5)39-16-15-22(2)20-35(6,47-8)31(37)23(3)30(44)24(4)33(45)48-29/h10-14,19,21-25,29,31-32,39H,9,15-18,20,37-38H2,1-8H3/b11-10+/t22-,23+,24-,25+,29-,31-,32-,35-,36-/m1/s1. The second-order valence-electron chi connectivity index (χ2n) is 14.5. The van der Waals surface area contributed by atoms with Crippen molar-refractivity contribution < 1.29 is 28.6 Å². The topological polar surface area (TPSA) is 151 Å². The number of hydrogen-bond acceptors (Lipinski definition) is 10. The summed E-state index contributed by atoms with van der Waals surface area (Å²) in [5.41, 5.74) is 6.45. The third kappa shape index (κ3) is 8.37. The Hall–Kier alpha value is -3.71. The van der Waals surface area contributed by atoms with E-state index in [4.69, 9.17) is 19.9 Å². The number of benzene rings is 1. The number of methoxy groups -OCH3 is 1. The van der Waals surface area contributed by atoms with Crippen molar-refractivity contribution in [1.29, 1.82) is 0 Å². The Bertz CT molecular complexity index is 1500. The van der Waals surface area contributed by atoms with Gasteiger partial charge in [-0.15, -0.1) is 5.10 Å². The highest BCUT2D eigenvalue weighted by molar-refractivity contribution is 6.15. The number of aromatic nitrogens is 3. The number of carbonyl (C=O) groups excluding carboxylic acids is 3. The zero-order valence-electron chi connectivity index (χ0n) is 30.6. The number of fused-ring (bicyclic) bond motifs is 1. The first-order chi connectivity index (χ1) is 23.1. The van der Waals surface area contributed by atoms with Crippen LogP contribution in [0.1, 0.15) is 67.7 Å². The molecular weight excluding hydrogens is 623 g/mol.